The largest absolute Gasteiger partial charge is 0.328 e. The van der Waals surface area contributed by atoms with Crippen LogP contribution in [0, 0.1) is 0 Å². The summed E-state index contributed by atoms with van der Waals surface area (Å²) in [4.78, 5) is 0. The molecule has 0 fully saturated rings. The number of nitrogens with zero attached hydrogens (tertiary/aromatic N) is 2. The summed E-state index contributed by atoms with van der Waals surface area (Å²) in [5.41, 5.74) is 6.85. The van der Waals surface area contributed by atoms with Crippen molar-refractivity contribution in [3.05, 3.63) is 18.0 Å². The molecule has 1 rings (SSSR count). The lowest BCUT2D eigenvalue weighted by molar-refractivity contribution is 0.472. The maximum atomic E-state index is 5.70. The van der Waals surface area contributed by atoms with Gasteiger partial charge in [-0.25, -0.2) is 0 Å². The number of aryl methyl sites for hydroxylation is 1. The van der Waals surface area contributed by atoms with Crippen molar-refractivity contribution in [2.24, 2.45) is 5.73 Å². The number of nitrogens with two attached hydrogens (primary N) is 1. The maximum absolute atomic E-state index is 5.70. The molecule has 1 aromatic rings. The Balaban J connectivity index is 2.50. The van der Waals surface area contributed by atoms with Crippen LogP contribution in [0.25, 0.3) is 0 Å². The zero-order chi connectivity index (χ0) is 10.6. The second kappa shape index (κ2) is 5.15. The fourth-order valence-electron chi connectivity index (χ4n) is 1.32. The minimum Gasteiger partial charge on any atom is -0.328 e. The summed E-state index contributed by atoms with van der Waals surface area (Å²) >= 11 is 0. The molecule has 80 valence electrons. The molecular formula is C11H21N3. The Hall–Kier alpha value is -0.830. The second-order valence-electron chi connectivity index (χ2n) is 4.06. The molecule has 3 heteroatoms. The van der Waals surface area contributed by atoms with E-state index >= 15 is 0 Å². The molecular weight excluding hydrogens is 174 g/mol. The Bertz CT molecular complexity index is 265. The van der Waals surface area contributed by atoms with Gasteiger partial charge in [0.25, 0.3) is 0 Å². The average Bonchev–Trinajstić information content (AvgIpc) is 2.62. The first kappa shape index (κ1) is 11.2. The second-order valence-corrected chi connectivity index (χ2v) is 4.06. The smallest absolute Gasteiger partial charge is 0.0625 e. The van der Waals surface area contributed by atoms with E-state index in [-0.39, 0.29) is 6.04 Å². The molecule has 1 heterocycles. The molecule has 0 aliphatic carbocycles. The van der Waals surface area contributed by atoms with Crippen LogP contribution in [0.3, 0.4) is 0 Å². The third-order valence-electron chi connectivity index (χ3n) is 2.56. The molecule has 2 unspecified atom stereocenters. The molecule has 0 bridgehead atoms. The van der Waals surface area contributed by atoms with Crippen LogP contribution >= 0.6 is 0 Å². The summed E-state index contributed by atoms with van der Waals surface area (Å²) in [6, 6.07) is 2.86. The monoisotopic (exact) mass is 195 g/mol. The highest BCUT2D eigenvalue weighted by atomic mass is 15.3. The van der Waals surface area contributed by atoms with E-state index in [1.54, 1.807) is 0 Å². The standard InChI is InChI=1S/C11H21N3/c1-4-10(3)14-8-7-11(13-14)6-5-9(2)12/h7-10H,4-6,12H2,1-3H3. The zero-order valence-corrected chi connectivity index (χ0v) is 9.40. The number of rotatable bonds is 5. The highest BCUT2D eigenvalue weighted by molar-refractivity contribution is 5.00. The lowest BCUT2D eigenvalue weighted by Gasteiger charge is -2.08. The molecule has 0 saturated heterocycles. The predicted molar refractivity (Wildman–Crippen MR) is 59.2 cm³/mol. The van der Waals surface area contributed by atoms with Crippen LogP contribution in [0.2, 0.25) is 0 Å². The van der Waals surface area contributed by atoms with Crippen molar-refractivity contribution in [3.8, 4) is 0 Å². The lowest BCUT2D eigenvalue weighted by atomic mass is 10.1. The van der Waals surface area contributed by atoms with E-state index in [2.05, 4.69) is 31.2 Å². The minimum atomic E-state index is 0.267. The van der Waals surface area contributed by atoms with E-state index in [0.717, 1.165) is 25.0 Å². The predicted octanol–water partition coefficient (Wildman–Crippen LogP) is 2.13. The van der Waals surface area contributed by atoms with Gasteiger partial charge >= 0.3 is 0 Å². The van der Waals surface area contributed by atoms with Gasteiger partial charge in [-0.2, -0.15) is 5.10 Å². The molecule has 0 aliphatic heterocycles. The van der Waals surface area contributed by atoms with Crippen molar-refractivity contribution < 1.29 is 0 Å². The highest BCUT2D eigenvalue weighted by Gasteiger charge is 2.04. The molecule has 2 atom stereocenters. The van der Waals surface area contributed by atoms with Gasteiger partial charge < -0.3 is 5.73 Å². The number of hydrogen-bond acceptors (Lipinski definition) is 2. The van der Waals surface area contributed by atoms with Gasteiger partial charge in [-0.3, -0.25) is 4.68 Å². The van der Waals surface area contributed by atoms with Crippen LogP contribution in [0.1, 0.15) is 45.3 Å². The molecule has 2 N–H and O–H groups in total. The number of aromatic nitrogens is 2. The Morgan fingerprint density at radius 3 is 2.79 bits per heavy atom. The van der Waals surface area contributed by atoms with Crippen molar-refractivity contribution >= 4 is 0 Å². The van der Waals surface area contributed by atoms with Gasteiger partial charge in [0.05, 0.1) is 5.69 Å². The van der Waals surface area contributed by atoms with Crippen LogP contribution in [-0.4, -0.2) is 15.8 Å². The van der Waals surface area contributed by atoms with Gasteiger partial charge in [0.2, 0.25) is 0 Å². The zero-order valence-electron chi connectivity index (χ0n) is 9.40. The quantitative estimate of drug-likeness (QED) is 0.782. The first-order valence-electron chi connectivity index (χ1n) is 5.43. The van der Waals surface area contributed by atoms with Gasteiger partial charge in [-0.05, 0) is 39.2 Å². The van der Waals surface area contributed by atoms with Crippen LogP contribution in [0.5, 0.6) is 0 Å². The SMILES string of the molecule is CCC(C)n1ccc(CCC(C)N)n1. The van der Waals surface area contributed by atoms with Crippen molar-refractivity contribution in [2.75, 3.05) is 0 Å². The van der Waals surface area contributed by atoms with Crippen LogP contribution in [0.15, 0.2) is 12.3 Å². The summed E-state index contributed by atoms with van der Waals surface area (Å²) in [5.74, 6) is 0. The fraction of sp³-hybridized carbons (Fsp3) is 0.727. The van der Waals surface area contributed by atoms with Gasteiger partial charge in [0.1, 0.15) is 0 Å². The summed E-state index contributed by atoms with van der Waals surface area (Å²) in [7, 11) is 0. The van der Waals surface area contributed by atoms with E-state index in [1.165, 1.54) is 0 Å². The minimum absolute atomic E-state index is 0.267. The van der Waals surface area contributed by atoms with Gasteiger partial charge in [0, 0.05) is 18.3 Å². The van der Waals surface area contributed by atoms with E-state index in [1.807, 2.05) is 11.6 Å². The van der Waals surface area contributed by atoms with Crippen molar-refractivity contribution in [1.82, 2.24) is 9.78 Å². The lowest BCUT2D eigenvalue weighted by Crippen LogP contribution is -2.15. The molecule has 0 spiro atoms. The van der Waals surface area contributed by atoms with Crippen LogP contribution in [-0.2, 0) is 6.42 Å². The molecule has 0 aromatic carbocycles. The highest BCUT2D eigenvalue weighted by Crippen LogP contribution is 2.10. The molecule has 3 nitrogen and oxygen atoms in total. The van der Waals surface area contributed by atoms with E-state index < -0.39 is 0 Å². The van der Waals surface area contributed by atoms with E-state index in [9.17, 15) is 0 Å². The first-order chi connectivity index (χ1) is 6.63. The summed E-state index contributed by atoms with van der Waals surface area (Å²) in [6.45, 7) is 6.39. The molecule has 0 saturated carbocycles. The van der Waals surface area contributed by atoms with Gasteiger partial charge in [0.15, 0.2) is 0 Å². The van der Waals surface area contributed by atoms with Crippen LogP contribution in [0.4, 0.5) is 0 Å². The fourth-order valence-corrected chi connectivity index (χ4v) is 1.32. The normalized spacial score (nSPS) is 15.4. The summed E-state index contributed by atoms with van der Waals surface area (Å²) in [6.07, 6.45) is 5.18. The molecule has 1 aromatic heterocycles. The van der Waals surface area contributed by atoms with E-state index in [4.69, 9.17) is 5.73 Å². The van der Waals surface area contributed by atoms with Crippen molar-refractivity contribution in [1.29, 1.82) is 0 Å². The third kappa shape index (κ3) is 3.14. The Morgan fingerprint density at radius 2 is 2.21 bits per heavy atom. The maximum Gasteiger partial charge on any atom is 0.0625 e. The molecule has 14 heavy (non-hydrogen) atoms. The Kier molecular flexibility index (Phi) is 4.14. The number of hydrogen-bond donors (Lipinski definition) is 1. The first-order valence-corrected chi connectivity index (χ1v) is 5.43. The Morgan fingerprint density at radius 1 is 1.50 bits per heavy atom. The summed E-state index contributed by atoms with van der Waals surface area (Å²) < 4.78 is 2.04. The molecule has 0 amide bonds. The molecule has 0 aliphatic rings. The van der Waals surface area contributed by atoms with Crippen molar-refractivity contribution in [3.63, 3.8) is 0 Å². The van der Waals surface area contributed by atoms with E-state index in [0.29, 0.717) is 6.04 Å². The van der Waals surface area contributed by atoms with Gasteiger partial charge in [-0.15, -0.1) is 0 Å². The summed E-state index contributed by atoms with van der Waals surface area (Å²) in [5, 5.41) is 4.51. The third-order valence-corrected chi connectivity index (χ3v) is 2.56. The van der Waals surface area contributed by atoms with Crippen molar-refractivity contribution in [2.45, 2.75) is 52.1 Å². The topological polar surface area (TPSA) is 43.8 Å². The van der Waals surface area contributed by atoms with Gasteiger partial charge in [-0.1, -0.05) is 6.92 Å². The van der Waals surface area contributed by atoms with Crippen LogP contribution < -0.4 is 5.73 Å². The Labute approximate surface area is 86.3 Å². The molecule has 0 radical (unpaired) electrons. The average molecular weight is 195 g/mol.